The number of ketones is 1. The molecule has 0 unspecified atom stereocenters. The van der Waals surface area contributed by atoms with E-state index in [0.29, 0.717) is 0 Å². The number of halogens is 4. The molecule has 0 radical (unpaired) electrons. The van der Waals surface area contributed by atoms with Crippen LogP contribution >= 0.6 is 0 Å². The number of alkyl halides is 3. The number of benzene rings is 1. The molecule has 1 nitrogen and oxygen atoms in total. The van der Waals surface area contributed by atoms with Crippen molar-refractivity contribution < 1.29 is 22.4 Å². The summed E-state index contributed by atoms with van der Waals surface area (Å²) in [6, 6.07) is 5.01. The van der Waals surface area contributed by atoms with E-state index < -0.39 is 17.8 Å². The monoisotopic (exact) mass is 216 g/mol. The van der Waals surface area contributed by atoms with Gasteiger partial charge in [0, 0.05) is 0 Å². The fraction of sp³-hybridized carbons (Fsp3) is 0.100. The van der Waals surface area contributed by atoms with E-state index >= 15 is 0 Å². The number of hydrogen-bond acceptors (Lipinski definition) is 1. The lowest BCUT2D eigenvalue weighted by Crippen LogP contribution is -2.20. The van der Waals surface area contributed by atoms with Crippen LogP contribution in [0.25, 0.3) is 0 Å². The normalized spacial score (nSPS) is 10.4. The largest absolute Gasteiger partial charge is 0.462 e. The van der Waals surface area contributed by atoms with Crippen molar-refractivity contribution >= 4 is 5.78 Å². The standard InChI is InChI=1S/C10H4F4O/c11-8-4-2-1-3-7(8)5-6-9(15)10(12,13)14/h1-4H. The maximum atomic E-state index is 12.8. The second-order valence-electron chi connectivity index (χ2n) is 2.56. The molecule has 78 valence electrons. The summed E-state index contributed by atoms with van der Waals surface area (Å²) in [6.45, 7) is 0. The van der Waals surface area contributed by atoms with Gasteiger partial charge in [0.2, 0.25) is 0 Å². The molecule has 0 aliphatic carbocycles. The molecule has 0 saturated heterocycles. The lowest BCUT2D eigenvalue weighted by molar-refractivity contribution is -0.164. The molecule has 0 bridgehead atoms. The van der Waals surface area contributed by atoms with Crippen LogP contribution in [0.3, 0.4) is 0 Å². The summed E-state index contributed by atoms with van der Waals surface area (Å²) in [5.74, 6) is 0.197. The van der Waals surface area contributed by atoms with Crippen molar-refractivity contribution in [2.24, 2.45) is 0 Å². The van der Waals surface area contributed by atoms with Crippen molar-refractivity contribution in [3.05, 3.63) is 35.6 Å². The van der Waals surface area contributed by atoms with Crippen molar-refractivity contribution in [3.8, 4) is 11.8 Å². The van der Waals surface area contributed by atoms with E-state index in [4.69, 9.17) is 0 Å². The Morgan fingerprint density at radius 3 is 2.33 bits per heavy atom. The molecule has 0 spiro atoms. The zero-order chi connectivity index (χ0) is 11.5. The molecule has 1 aromatic carbocycles. The number of carbonyl (C=O) groups is 1. The minimum absolute atomic E-state index is 0.241. The van der Waals surface area contributed by atoms with E-state index in [1.165, 1.54) is 24.1 Å². The number of rotatable bonds is 0. The van der Waals surface area contributed by atoms with Crippen LogP contribution < -0.4 is 0 Å². The number of Topliss-reactive ketones (excluding diaryl/α,β-unsaturated/α-hetero) is 1. The summed E-state index contributed by atoms with van der Waals surface area (Å²) < 4.78 is 48.0. The molecular formula is C10H4F4O. The highest BCUT2D eigenvalue weighted by Crippen LogP contribution is 2.15. The second-order valence-corrected chi connectivity index (χ2v) is 2.56. The highest BCUT2D eigenvalue weighted by atomic mass is 19.4. The van der Waals surface area contributed by atoms with E-state index in [0.717, 1.165) is 6.07 Å². The SMILES string of the molecule is O=C(C#Cc1ccccc1F)C(F)(F)F. The maximum Gasteiger partial charge on any atom is 0.462 e. The van der Waals surface area contributed by atoms with Gasteiger partial charge in [-0.05, 0) is 18.1 Å². The highest BCUT2D eigenvalue weighted by Gasteiger charge is 2.37. The van der Waals surface area contributed by atoms with Crippen molar-refractivity contribution in [1.29, 1.82) is 0 Å². The van der Waals surface area contributed by atoms with Crippen molar-refractivity contribution in [2.45, 2.75) is 6.18 Å². The van der Waals surface area contributed by atoms with E-state index in [1.807, 2.05) is 5.92 Å². The minimum Gasteiger partial charge on any atom is -0.275 e. The Morgan fingerprint density at radius 1 is 1.20 bits per heavy atom. The van der Waals surface area contributed by atoms with Gasteiger partial charge in [0.25, 0.3) is 0 Å². The number of carbonyl (C=O) groups excluding carboxylic acids is 1. The number of hydrogen-bond donors (Lipinski definition) is 0. The fourth-order valence-corrected chi connectivity index (χ4v) is 0.758. The molecule has 5 heteroatoms. The predicted octanol–water partition coefficient (Wildman–Crippen LogP) is 2.31. The Hall–Kier alpha value is -1.83. The Bertz CT molecular complexity index is 437. The molecular weight excluding hydrogens is 212 g/mol. The Kier molecular flexibility index (Phi) is 3.10. The van der Waals surface area contributed by atoms with E-state index in [-0.39, 0.29) is 5.56 Å². The van der Waals surface area contributed by atoms with Crippen molar-refractivity contribution in [2.75, 3.05) is 0 Å². The van der Waals surface area contributed by atoms with Crippen LogP contribution in [0.2, 0.25) is 0 Å². The third kappa shape index (κ3) is 3.09. The third-order valence-electron chi connectivity index (χ3n) is 1.44. The van der Waals surface area contributed by atoms with Gasteiger partial charge >= 0.3 is 12.0 Å². The van der Waals surface area contributed by atoms with Crippen LogP contribution in [0.4, 0.5) is 17.6 Å². The fourth-order valence-electron chi connectivity index (χ4n) is 0.758. The van der Waals surface area contributed by atoms with Crippen LogP contribution in [-0.4, -0.2) is 12.0 Å². The third-order valence-corrected chi connectivity index (χ3v) is 1.44. The van der Waals surface area contributed by atoms with Gasteiger partial charge in [0.05, 0.1) is 5.56 Å². The summed E-state index contributed by atoms with van der Waals surface area (Å²) in [7, 11) is 0. The van der Waals surface area contributed by atoms with Crippen molar-refractivity contribution in [1.82, 2.24) is 0 Å². The van der Waals surface area contributed by atoms with Crippen molar-refractivity contribution in [3.63, 3.8) is 0 Å². The molecule has 0 heterocycles. The zero-order valence-electron chi connectivity index (χ0n) is 7.23. The molecule has 0 amide bonds. The quantitative estimate of drug-likeness (QED) is 0.480. The highest BCUT2D eigenvalue weighted by molar-refractivity contribution is 6.00. The second kappa shape index (κ2) is 4.13. The summed E-state index contributed by atoms with van der Waals surface area (Å²) >= 11 is 0. The van der Waals surface area contributed by atoms with Crippen LogP contribution in [0.1, 0.15) is 5.56 Å². The maximum absolute atomic E-state index is 12.8. The minimum atomic E-state index is -5.00. The molecule has 0 N–H and O–H groups in total. The molecule has 0 saturated carbocycles. The first kappa shape index (κ1) is 11.2. The molecule has 1 aromatic rings. The van der Waals surface area contributed by atoms with Gasteiger partial charge in [0.15, 0.2) is 0 Å². The first-order valence-corrected chi connectivity index (χ1v) is 3.79. The van der Waals surface area contributed by atoms with Crippen LogP contribution in [0.15, 0.2) is 24.3 Å². The first-order valence-electron chi connectivity index (χ1n) is 3.79. The van der Waals surface area contributed by atoms with Crippen LogP contribution in [0, 0.1) is 17.7 Å². The molecule has 0 aromatic heterocycles. The molecule has 0 atom stereocenters. The molecule has 0 aliphatic heterocycles. The lowest BCUT2D eigenvalue weighted by Gasteiger charge is -1.96. The predicted molar refractivity (Wildman–Crippen MR) is 44.3 cm³/mol. The molecule has 0 aliphatic rings. The topological polar surface area (TPSA) is 17.1 Å². The summed E-state index contributed by atoms with van der Waals surface area (Å²) in [4.78, 5) is 10.3. The Balaban J connectivity index is 2.93. The summed E-state index contributed by atoms with van der Waals surface area (Å²) in [5, 5.41) is 0. The zero-order valence-corrected chi connectivity index (χ0v) is 7.23. The lowest BCUT2D eigenvalue weighted by atomic mass is 10.2. The van der Waals surface area contributed by atoms with Crippen LogP contribution in [0.5, 0.6) is 0 Å². The van der Waals surface area contributed by atoms with Gasteiger partial charge in [-0.25, -0.2) is 4.39 Å². The summed E-state index contributed by atoms with van der Waals surface area (Å²) in [5.41, 5.74) is -0.241. The van der Waals surface area contributed by atoms with Gasteiger partial charge in [-0.3, -0.25) is 4.79 Å². The molecule has 15 heavy (non-hydrogen) atoms. The van der Waals surface area contributed by atoms with E-state index in [9.17, 15) is 22.4 Å². The van der Waals surface area contributed by atoms with Gasteiger partial charge in [-0.15, -0.1) is 0 Å². The Morgan fingerprint density at radius 2 is 1.80 bits per heavy atom. The van der Waals surface area contributed by atoms with Gasteiger partial charge in [-0.2, -0.15) is 13.2 Å². The average molecular weight is 216 g/mol. The average Bonchev–Trinajstić information content (AvgIpc) is 2.14. The summed E-state index contributed by atoms with van der Waals surface area (Å²) in [6.07, 6.45) is -5.00. The first-order chi connectivity index (χ1) is 6.91. The van der Waals surface area contributed by atoms with Gasteiger partial charge < -0.3 is 0 Å². The van der Waals surface area contributed by atoms with E-state index in [1.54, 1.807) is 0 Å². The molecule has 1 rings (SSSR count). The Labute approximate surface area is 82.7 Å². The van der Waals surface area contributed by atoms with Crippen LogP contribution in [-0.2, 0) is 4.79 Å². The molecule has 0 fully saturated rings. The van der Waals surface area contributed by atoms with Gasteiger partial charge in [0.1, 0.15) is 5.82 Å². The van der Waals surface area contributed by atoms with Gasteiger partial charge in [-0.1, -0.05) is 18.1 Å². The smallest absolute Gasteiger partial charge is 0.275 e. The van der Waals surface area contributed by atoms with E-state index in [2.05, 4.69) is 0 Å².